The van der Waals surface area contributed by atoms with Crippen molar-refractivity contribution in [2.24, 2.45) is 11.8 Å². The summed E-state index contributed by atoms with van der Waals surface area (Å²) in [4.78, 5) is 26.2. The van der Waals surface area contributed by atoms with E-state index < -0.39 is 5.60 Å². The van der Waals surface area contributed by atoms with Gasteiger partial charge in [-0.2, -0.15) is 5.10 Å². The van der Waals surface area contributed by atoms with Gasteiger partial charge in [-0.15, -0.1) is 0 Å². The molecule has 2 unspecified atom stereocenters. The van der Waals surface area contributed by atoms with Gasteiger partial charge in [-0.3, -0.25) is 9.59 Å². The van der Waals surface area contributed by atoms with Crippen LogP contribution in [0.5, 0.6) is 0 Å². The second kappa shape index (κ2) is 7.25. The summed E-state index contributed by atoms with van der Waals surface area (Å²) in [5.41, 5.74) is -0.310. The molecule has 1 amide bonds. The van der Waals surface area contributed by atoms with Crippen LogP contribution in [0.4, 0.5) is 0 Å². The zero-order valence-corrected chi connectivity index (χ0v) is 15.0. The number of aliphatic hydroxyl groups is 1. The summed E-state index contributed by atoms with van der Waals surface area (Å²) in [6.45, 7) is 6.16. The molecule has 1 aromatic heterocycles. The first-order valence-electron chi connectivity index (χ1n) is 9.03. The predicted molar refractivity (Wildman–Crippen MR) is 92.1 cm³/mol. The molecule has 2 atom stereocenters. The lowest BCUT2D eigenvalue weighted by Gasteiger charge is -2.48. The van der Waals surface area contributed by atoms with Crippen molar-refractivity contribution in [1.29, 1.82) is 0 Å². The van der Waals surface area contributed by atoms with E-state index in [1.165, 1.54) is 10.7 Å². The summed E-state index contributed by atoms with van der Waals surface area (Å²) >= 11 is 0. The van der Waals surface area contributed by atoms with E-state index in [1.54, 1.807) is 17.9 Å². The molecule has 0 aromatic carbocycles. The quantitative estimate of drug-likeness (QED) is 0.863. The summed E-state index contributed by atoms with van der Waals surface area (Å²) in [5.74, 6) is 0.103. The molecule has 2 fully saturated rings. The molecule has 2 aliphatic rings. The third-order valence-electron chi connectivity index (χ3n) is 5.70. The summed E-state index contributed by atoms with van der Waals surface area (Å²) in [6, 6.07) is 3.07. The molecule has 3 heterocycles. The number of amides is 1. The van der Waals surface area contributed by atoms with Crippen molar-refractivity contribution in [1.82, 2.24) is 14.7 Å². The van der Waals surface area contributed by atoms with Crippen molar-refractivity contribution in [3.05, 3.63) is 28.2 Å². The number of nitrogens with zero attached hydrogens (tertiary/aromatic N) is 3. The van der Waals surface area contributed by atoms with Crippen LogP contribution in [0.1, 0.15) is 31.9 Å². The van der Waals surface area contributed by atoms with Gasteiger partial charge in [0, 0.05) is 38.3 Å². The van der Waals surface area contributed by atoms with Crippen LogP contribution in [-0.2, 0) is 16.1 Å². The molecule has 1 N–H and O–H groups in total. The average Bonchev–Trinajstić information content (AvgIpc) is 2.61. The lowest BCUT2D eigenvalue weighted by molar-refractivity contribution is -0.152. The number of carbonyl (C=O) groups excluding carboxylic acids is 1. The van der Waals surface area contributed by atoms with Gasteiger partial charge in [-0.05, 0) is 38.2 Å². The van der Waals surface area contributed by atoms with E-state index in [0.717, 1.165) is 12.8 Å². The number of carbonyl (C=O) groups is 1. The van der Waals surface area contributed by atoms with Crippen LogP contribution >= 0.6 is 0 Å². The molecule has 0 bridgehead atoms. The van der Waals surface area contributed by atoms with Gasteiger partial charge in [-0.1, -0.05) is 6.92 Å². The molecular formula is C18H27N3O4. The third-order valence-corrected chi connectivity index (χ3v) is 5.70. The molecule has 0 spiro atoms. The maximum absolute atomic E-state index is 12.6. The maximum atomic E-state index is 12.6. The van der Waals surface area contributed by atoms with E-state index in [0.29, 0.717) is 38.4 Å². The molecule has 0 radical (unpaired) electrons. The Hall–Kier alpha value is -1.73. The van der Waals surface area contributed by atoms with E-state index in [4.69, 9.17) is 4.74 Å². The third kappa shape index (κ3) is 3.77. The Kier molecular flexibility index (Phi) is 5.24. The van der Waals surface area contributed by atoms with Gasteiger partial charge in [0.25, 0.3) is 5.56 Å². The van der Waals surface area contributed by atoms with Crippen LogP contribution in [0.15, 0.2) is 16.9 Å². The summed E-state index contributed by atoms with van der Waals surface area (Å²) in [7, 11) is 0. The number of hydrogen-bond acceptors (Lipinski definition) is 5. The van der Waals surface area contributed by atoms with Crippen molar-refractivity contribution < 1.29 is 14.6 Å². The molecular weight excluding hydrogens is 322 g/mol. The minimum absolute atomic E-state index is 0.00418. The maximum Gasteiger partial charge on any atom is 0.267 e. The standard InChI is InChI=1S/C18H27N3O4/c1-13-11-20(8-7-18(13,24)15-5-9-25-10-6-15)17(23)12-21-16(22)4-3-14(2)19-21/h3-4,13,15,24H,5-12H2,1-2H3. The van der Waals surface area contributed by atoms with Gasteiger partial charge < -0.3 is 14.7 Å². The van der Waals surface area contributed by atoms with Gasteiger partial charge in [0.2, 0.25) is 5.91 Å². The van der Waals surface area contributed by atoms with Crippen molar-refractivity contribution in [2.75, 3.05) is 26.3 Å². The fraction of sp³-hybridized carbons (Fsp3) is 0.722. The number of piperidine rings is 1. The van der Waals surface area contributed by atoms with Gasteiger partial charge in [-0.25, -0.2) is 4.68 Å². The molecule has 1 aromatic rings. The molecule has 3 rings (SSSR count). The smallest absolute Gasteiger partial charge is 0.267 e. The van der Waals surface area contributed by atoms with E-state index in [-0.39, 0.29) is 29.8 Å². The lowest BCUT2D eigenvalue weighted by atomic mass is 9.70. The fourth-order valence-corrected chi connectivity index (χ4v) is 4.06. The number of ether oxygens (including phenoxy) is 1. The largest absolute Gasteiger partial charge is 0.389 e. The molecule has 25 heavy (non-hydrogen) atoms. The molecule has 0 aliphatic carbocycles. The Morgan fingerprint density at radius 3 is 2.80 bits per heavy atom. The van der Waals surface area contributed by atoms with Gasteiger partial charge >= 0.3 is 0 Å². The van der Waals surface area contributed by atoms with Crippen molar-refractivity contribution in [3.63, 3.8) is 0 Å². The highest BCUT2D eigenvalue weighted by Crippen LogP contribution is 2.39. The van der Waals surface area contributed by atoms with Crippen LogP contribution in [0.25, 0.3) is 0 Å². The number of hydrogen-bond donors (Lipinski definition) is 1. The summed E-state index contributed by atoms with van der Waals surface area (Å²) in [6.07, 6.45) is 2.31. The minimum Gasteiger partial charge on any atom is -0.389 e. The second-order valence-corrected chi connectivity index (χ2v) is 7.34. The zero-order valence-electron chi connectivity index (χ0n) is 15.0. The van der Waals surface area contributed by atoms with E-state index in [1.807, 2.05) is 6.92 Å². The highest BCUT2D eigenvalue weighted by atomic mass is 16.5. The number of aromatic nitrogens is 2. The van der Waals surface area contributed by atoms with E-state index in [9.17, 15) is 14.7 Å². The Bertz CT molecular complexity index is 683. The first-order valence-corrected chi connectivity index (χ1v) is 9.03. The van der Waals surface area contributed by atoms with Crippen LogP contribution in [0.2, 0.25) is 0 Å². The highest BCUT2D eigenvalue weighted by molar-refractivity contribution is 5.76. The fourth-order valence-electron chi connectivity index (χ4n) is 4.06. The number of rotatable bonds is 3. The summed E-state index contributed by atoms with van der Waals surface area (Å²) < 4.78 is 6.61. The van der Waals surface area contributed by atoms with E-state index in [2.05, 4.69) is 5.10 Å². The van der Waals surface area contributed by atoms with Crippen LogP contribution < -0.4 is 5.56 Å². The molecule has 0 saturated carbocycles. The lowest BCUT2D eigenvalue weighted by Crippen LogP contribution is -2.57. The van der Waals surface area contributed by atoms with Crippen molar-refractivity contribution >= 4 is 5.91 Å². The van der Waals surface area contributed by atoms with Crippen molar-refractivity contribution in [2.45, 2.75) is 45.3 Å². The predicted octanol–water partition coefficient (Wildman–Crippen LogP) is 0.578. The van der Waals surface area contributed by atoms with Gasteiger partial charge in [0.05, 0.1) is 11.3 Å². The normalized spacial score (nSPS) is 28.1. The topological polar surface area (TPSA) is 84.7 Å². The Balaban J connectivity index is 1.65. The highest BCUT2D eigenvalue weighted by Gasteiger charge is 2.45. The number of likely N-dealkylation sites (tertiary alicyclic amines) is 1. The Morgan fingerprint density at radius 2 is 2.12 bits per heavy atom. The Labute approximate surface area is 147 Å². The SMILES string of the molecule is Cc1ccc(=O)n(CC(=O)N2CCC(O)(C3CCOCC3)C(C)C2)n1. The molecule has 7 nitrogen and oxygen atoms in total. The van der Waals surface area contributed by atoms with Crippen LogP contribution in [-0.4, -0.2) is 57.6 Å². The first-order chi connectivity index (χ1) is 11.9. The van der Waals surface area contributed by atoms with Gasteiger partial charge in [0.15, 0.2) is 0 Å². The Morgan fingerprint density at radius 1 is 1.40 bits per heavy atom. The van der Waals surface area contributed by atoms with E-state index >= 15 is 0 Å². The minimum atomic E-state index is -0.737. The second-order valence-electron chi connectivity index (χ2n) is 7.34. The molecule has 138 valence electrons. The van der Waals surface area contributed by atoms with Crippen LogP contribution in [0, 0.1) is 18.8 Å². The first kappa shape index (κ1) is 18.1. The molecule has 2 saturated heterocycles. The van der Waals surface area contributed by atoms with Gasteiger partial charge in [0.1, 0.15) is 6.54 Å². The molecule has 7 heteroatoms. The van der Waals surface area contributed by atoms with Crippen molar-refractivity contribution in [3.8, 4) is 0 Å². The summed E-state index contributed by atoms with van der Waals surface area (Å²) in [5, 5.41) is 15.3. The zero-order chi connectivity index (χ0) is 18.0. The van der Waals surface area contributed by atoms with Crippen LogP contribution in [0.3, 0.4) is 0 Å². The molecule has 2 aliphatic heterocycles. The average molecular weight is 349 g/mol. The number of aryl methyl sites for hydroxylation is 1. The monoisotopic (exact) mass is 349 g/mol.